The first-order valence-electron chi connectivity index (χ1n) is 6.36. The molecule has 1 rings (SSSR count). The number of carbonyl (C=O) groups is 1. The van der Waals surface area contributed by atoms with Gasteiger partial charge in [-0.05, 0) is 60.3 Å². The number of hydrogen-bond acceptors (Lipinski definition) is 4. The predicted molar refractivity (Wildman–Crippen MR) is 81.9 cm³/mol. The summed E-state index contributed by atoms with van der Waals surface area (Å²) < 4.78 is 27.2. The van der Waals surface area contributed by atoms with E-state index in [9.17, 15) is 13.2 Å². The van der Waals surface area contributed by atoms with Gasteiger partial charge in [0.2, 0.25) is 10.0 Å². The van der Waals surface area contributed by atoms with Crippen LogP contribution in [0.2, 0.25) is 0 Å². The molecule has 1 aromatic carbocycles. The van der Waals surface area contributed by atoms with E-state index < -0.39 is 22.1 Å². The predicted octanol–water partition coefficient (Wildman–Crippen LogP) is 1.90. The average Bonchev–Trinajstić information content (AvgIpc) is 2.37. The van der Waals surface area contributed by atoms with Crippen LogP contribution in [-0.2, 0) is 10.0 Å². The zero-order valence-electron chi connectivity index (χ0n) is 11.8. The molecule has 1 aromatic rings. The van der Waals surface area contributed by atoms with Crippen molar-refractivity contribution >= 4 is 31.9 Å². The highest BCUT2D eigenvalue weighted by molar-refractivity contribution is 9.10. The number of aryl methyl sites for hydroxylation is 1. The molecule has 21 heavy (non-hydrogen) atoms. The third kappa shape index (κ3) is 5.06. The van der Waals surface area contributed by atoms with E-state index >= 15 is 0 Å². The summed E-state index contributed by atoms with van der Waals surface area (Å²) in [4.78, 5) is 10.9. The van der Waals surface area contributed by atoms with E-state index in [4.69, 9.17) is 10.2 Å². The minimum absolute atomic E-state index is 0.0833. The maximum atomic E-state index is 12.2. The van der Waals surface area contributed by atoms with Crippen LogP contribution in [0.4, 0.5) is 0 Å². The first kappa shape index (κ1) is 18.1. The Hall–Kier alpha value is -0.960. The van der Waals surface area contributed by atoms with Gasteiger partial charge in [-0.3, -0.25) is 0 Å². The maximum absolute atomic E-state index is 12.2. The molecule has 0 aromatic heterocycles. The van der Waals surface area contributed by atoms with E-state index in [1.54, 1.807) is 13.8 Å². The van der Waals surface area contributed by atoms with Crippen LogP contribution >= 0.6 is 15.9 Å². The van der Waals surface area contributed by atoms with Gasteiger partial charge in [0.15, 0.2) is 0 Å². The number of halogens is 1. The van der Waals surface area contributed by atoms with Crippen molar-refractivity contribution in [3.8, 4) is 0 Å². The van der Waals surface area contributed by atoms with Gasteiger partial charge in [-0.2, -0.15) is 0 Å². The summed E-state index contributed by atoms with van der Waals surface area (Å²) in [6.45, 7) is 3.43. The quantitative estimate of drug-likeness (QED) is 0.627. The molecular formula is C13H18BrNO5S. The molecule has 0 amide bonds. The summed E-state index contributed by atoms with van der Waals surface area (Å²) in [6, 6.07) is 2.52. The Bertz CT molecular complexity index is 628. The fraction of sp³-hybridized carbons (Fsp3) is 0.462. The molecular weight excluding hydrogens is 362 g/mol. The van der Waals surface area contributed by atoms with Gasteiger partial charge in [0.05, 0.1) is 16.6 Å². The Labute approximate surface area is 132 Å². The SMILES string of the molecule is Cc1cc(C(=O)O)cc(S(=O)(=O)NCCCC(C)O)c1Br. The van der Waals surface area contributed by atoms with Gasteiger partial charge in [0, 0.05) is 11.0 Å². The molecule has 0 heterocycles. The lowest BCUT2D eigenvalue weighted by Crippen LogP contribution is -2.26. The molecule has 0 radical (unpaired) electrons. The van der Waals surface area contributed by atoms with Crippen LogP contribution in [0.3, 0.4) is 0 Å². The lowest BCUT2D eigenvalue weighted by molar-refractivity contribution is 0.0696. The molecule has 0 saturated heterocycles. The summed E-state index contributed by atoms with van der Waals surface area (Å²) >= 11 is 3.18. The van der Waals surface area contributed by atoms with Crippen molar-refractivity contribution in [1.82, 2.24) is 4.72 Å². The number of aromatic carboxylic acids is 1. The van der Waals surface area contributed by atoms with Gasteiger partial charge >= 0.3 is 5.97 Å². The summed E-state index contributed by atoms with van der Waals surface area (Å²) in [5.41, 5.74) is 0.444. The molecule has 6 nitrogen and oxygen atoms in total. The number of carboxylic acids is 1. The molecule has 0 fully saturated rings. The lowest BCUT2D eigenvalue weighted by atomic mass is 10.1. The van der Waals surface area contributed by atoms with Crippen molar-refractivity contribution in [1.29, 1.82) is 0 Å². The second kappa shape index (κ2) is 7.35. The Kier molecular flexibility index (Phi) is 6.33. The zero-order valence-corrected chi connectivity index (χ0v) is 14.2. The number of carboxylic acid groups (broad SMARTS) is 1. The molecule has 0 spiro atoms. The Morgan fingerprint density at radius 1 is 1.43 bits per heavy atom. The first-order chi connectivity index (χ1) is 9.65. The van der Waals surface area contributed by atoms with Crippen molar-refractivity contribution in [3.63, 3.8) is 0 Å². The largest absolute Gasteiger partial charge is 0.478 e. The number of aliphatic hydroxyl groups excluding tert-OH is 1. The normalized spacial score (nSPS) is 13.1. The molecule has 118 valence electrons. The van der Waals surface area contributed by atoms with Gasteiger partial charge in [0.1, 0.15) is 0 Å². The van der Waals surface area contributed by atoms with E-state index in [0.717, 1.165) is 6.07 Å². The van der Waals surface area contributed by atoms with E-state index in [1.807, 2.05) is 0 Å². The smallest absolute Gasteiger partial charge is 0.335 e. The molecule has 0 aliphatic rings. The topological polar surface area (TPSA) is 104 Å². The van der Waals surface area contributed by atoms with Gasteiger partial charge in [-0.25, -0.2) is 17.9 Å². The third-order valence-corrected chi connectivity index (χ3v) is 5.65. The van der Waals surface area contributed by atoms with Crippen molar-refractivity contribution < 1.29 is 23.4 Å². The van der Waals surface area contributed by atoms with Crippen LogP contribution < -0.4 is 4.72 Å². The molecule has 0 saturated carbocycles. The highest BCUT2D eigenvalue weighted by Gasteiger charge is 2.21. The van der Waals surface area contributed by atoms with E-state index in [2.05, 4.69) is 20.7 Å². The highest BCUT2D eigenvalue weighted by Crippen LogP contribution is 2.27. The van der Waals surface area contributed by atoms with Crippen LogP contribution in [-0.4, -0.2) is 37.2 Å². The number of benzene rings is 1. The molecule has 0 bridgehead atoms. The summed E-state index contributed by atoms with van der Waals surface area (Å²) in [7, 11) is -3.81. The van der Waals surface area contributed by atoms with Crippen LogP contribution in [0.25, 0.3) is 0 Å². The van der Waals surface area contributed by atoms with Crippen LogP contribution in [0.1, 0.15) is 35.7 Å². The van der Waals surface area contributed by atoms with E-state index in [-0.39, 0.29) is 17.0 Å². The van der Waals surface area contributed by atoms with Crippen LogP contribution in [0.15, 0.2) is 21.5 Å². The highest BCUT2D eigenvalue weighted by atomic mass is 79.9. The fourth-order valence-electron chi connectivity index (χ4n) is 1.74. The zero-order chi connectivity index (χ0) is 16.2. The average molecular weight is 380 g/mol. The number of nitrogens with one attached hydrogen (secondary N) is 1. The van der Waals surface area contributed by atoms with Crippen LogP contribution in [0, 0.1) is 6.92 Å². The molecule has 1 atom stereocenters. The second-order valence-corrected chi connectivity index (χ2v) is 7.33. The van der Waals surface area contributed by atoms with E-state index in [0.29, 0.717) is 22.9 Å². The number of hydrogen-bond donors (Lipinski definition) is 3. The number of aliphatic hydroxyl groups is 1. The van der Waals surface area contributed by atoms with Gasteiger partial charge in [0.25, 0.3) is 0 Å². The molecule has 0 aliphatic carbocycles. The monoisotopic (exact) mass is 379 g/mol. The van der Waals surface area contributed by atoms with Crippen molar-refractivity contribution in [2.75, 3.05) is 6.54 Å². The van der Waals surface area contributed by atoms with Gasteiger partial charge < -0.3 is 10.2 Å². The van der Waals surface area contributed by atoms with Gasteiger partial charge in [-0.1, -0.05) is 0 Å². The standard InChI is InChI=1S/C13H18BrNO5S/c1-8-6-10(13(17)18)7-11(12(8)14)21(19,20)15-5-3-4-9(2)16/h6-7,9,15-16H,3-5H2,1-2H3,(H,17,18). The Balaban J connectivity index is 2.99. The third-order valence-electron chi connectivity index (χ3n) is 2.85. The van der Waals surface area contributed by atoms with Crippen molar-refractivity contribution in [2.24, 2.45) is 0 Å². The van der Waals surface area contributed by atoms with Crippen molar-refractivity contribution in [2.45, 2.75) is 37.7 Å². The Morgan fingerprint density at radius 2 is 2.05 bits per heavy atom. The second-order valence-electron chi connectivity index (χ2n) is 4.80. The number of rotatable bonds is 7. The Morgan fingerprint density at radius 3 is 2.57 bits per heavy atom. The maximum Gasteiger partial charge on any atom is 0.335 e. The molecule has 8 heteroatoms. The number of sulfonamides is 1. The first-order valence-corrected chi connectivity index (χ1v) is 8.64. The van der Waals surface area contributed by atoms with E-state index in [1.165, 1.54) is 6.07 Å². The van der Waals surface area contributed by atoms with Crippen LogP contribution in [0.5, 0.6) is 0 Å². The fourth-order valence-corrected chi connectivity index (χ4v) is 3.85. The molecule has 0 aliphatic heterocycles. The molecule has 3 N–H and O–H groups in total. The minimum Gasteiger partial charge on any atom is -0.478 e. The van der Waals surface area contributed by atoms with Crippen molar-refractivity contribution in [3.05, 3.63) is 27.7 Å². The lowest BCUT2D eigenvalue weighted by Gasteiger charge is -2.11. The molecule has 1 unspecified atom stereocenters. The van der Waals surface area contributed by atoms with Gasteiger partial charge in [-0.15, -0.1) is 0 Å². The summed E-state index contributed by atoms with van der Waals surface area (Å²) in [5, 5.41) is 18.1. The summed E-state index contributed by atoms with van der Waals surface area (Å²) in [5.74, 6) is -1.18. The summed E-state index contributed by atoms with van der Waals surface area (Å²) in [6.07, 6.45) is 0.489. The minimum atomic E-state index is -3.81.